The Balaban J connectivity index is 1.82. The summed E-state index contributed by atoms with van der Waals surface area (Å²) in [6, 6.07) is 13.1. The normalized spacial score (nSPS) is 17.6. The number of amides is 1. The molecular formula is C20H24N2O4S. The van der Waals surface area contributed by atoms with E-state index < -0.39 is 16.1 Å². The van der Waals surface area contributed by atoms with E-state index in [9.17, 15) is 13.2 Å². The van der Waals surface area contributed by atoms with E-state index in [1.165, 1.54) is 23.5 Å². The SMILES string of the molecule is CCc1ccccc1NC(=O)[C@@H]1CCCN1S(=O)(=O)c1ccc(OC)cc1. The zero-order valence-corrected chi connectivity index (χ0v) is 16.3. The fourth-order valence-corrected chi connectivity index (χ4v) is 5.00. The molecule has 0 saturated carbocycles. The minimum absolute atomic E-state index is 0.164. The Hall–Kier alpha value is -2.38. The summed E-state index contributed by atoms with van der Waals surface area (Å²) < 4.78 is 32.4. The topological polar surface area (TPSA) is 75.7 Å². The molecule has 0 bridgehead atoms. The largest absolute Gasteiger partial charge is 0.497 e. The molecule has 3 rings (SSSR count). The molecule has 1 N–H and O–H groups in total. The monoisotopic (exact) mass is 388 g/mol. The van der Waals surface area contributed by atoms with Crippen molar-refractivity contribution in [3.63, 3.8) is 0 Å². The van der Waals surface area contributed by atoms with E-state index >= 15 is 0 Å². The minimum atomic E-state index is -3.75. The van der Waals surface area contributed by atoms with E-state index in [4.69, 9.17) is 4.74 Å². The summed E-state index contributed by atoms with van der Waals surface area (Å²) in [4.78, 5) is 13.0. The second-order valence-corrected chi connectivity index (χ2v) is 8.34. The Labute approximate surface area is 160 Å². The first-order valence-corrected chi connectivity index (χ1v) is 10.5. The Morgan fingerprint density at radius 3 is 2.56 bits per heavy atom. The lowest BCUT2D eigenvalue weighted by Gasteiger charge is -2.24. The van der Waals surface area contributed by atoms with Gasteiger partial charge in [0.1, 0.15) is 11.8 Å². The number of carbonyl (C=O) groups excluding carboxylic acids is 1. The van der Waals surface area contributed by atoms with E-state index in [-0.39, 0.29) is 10.8 Å². The molecule has 1 amide bonds. The molecule has 1 atom stereocenters. The standard InChI is InChI=1S/C20H24N2O4S/c1-3-15-7-4-5-8-18(15)21-20(23)19-9-6-14-22(19)27(24,25)17-12-10-16(26-2)11-13-17/h4-5,7-8,10-13,19H,3,6,9,14H2,1-2H3,(H,21,23)/t19-/m0/s1. The number of methoxy groups -OCH3 is 1. The predicted octanol–water partition coefficient (Wildman–Crippen LogP) is 3.05. The molecule has 0 aromatic heterocycles. The summed E-state index contributed by atoms with van der Waals surface area (Å²) in [7, 11) is -2.22. The van der Waals surface area contributed by atoms with E-state index in [0.717, 1.165) is 17.7 Å². The average Bonchev–Trinajstić information content (AvgIpc) is 3.19. The molecule has 144 valence electrons. The van der Waals surface area contributed by atoms with Gasteiger partial charge in [-0.25, -0.2) is 8.42 Å². The lowest BCUT2D eigenvalue weighted by atomic mass is 10.1. The van der Waals surface area contributed by atoms with Gasteiger partial charge in [-0.05, 0) is 55.2 Å². The highest BCUT2D eigenvalue weighted by atomic mass is 32.2. The molecular weight excluding hydrogens is 364 g/mol. The summed E-state index contributed by atoms with van der Waals surface area (Å²) >= 11 is 0. The lowest BCUT2D eigenvalue weighted by Crippen LogP contribution is -2.43. The number of para-hydroxylation sites is 1. The van der Waals surface area contributed by atoms with Crippen LogP contribution in [0.3, 0.4) is 0 Å². The number of nitrogens with zero attached hydrogens (tertiary/aromatic N) is 1. The Morgan fingerprint density at radius 1 is 1.19 bits per heavy atom. The van der Waals surface area contributed by atoms with Crippen molar-refractivity contribution in [2.24, 2.45) is 0 Å². The molecule has 0 spiro atoms. The second-order valence-electron chi connectivity index (χ2n) is 6.45. The average molecular weight is 388 g/mol. The number of rotatable bonds is 6. The van der Waals surface area contributed by atoms with Gasteiger partial charge in [-0.1, -0.05) is 25.1 Å². The fourth-order valence-electron chi connectivity index (χ4n) is 3.34. The molecule has 6 nitrogen and oxygen atoms in total. The highest BCUT2D eigenvalue weighted by Gasteiger charge is 2.39. The van der Waals surface area contributed by atoms with Crippen molar-refractivity contribution in [1.29, 1.82) is 0 Å². The van der Waals surface area contributed by atoms with Crippen LogP contribution in [-0.2, 0) is 21.2 Å². The lowest BCUT2D eigenvalue weighted by molar-refractivity contribution is -0.119. The first-order valence-electron chi connectivity index (χ1n) is 9.02. The van der Waals surface area contributed by atoms with E-state index in [0.29, 0.717) is 25.1 Å². The van der Waals surface area contributed by atoms with Crippen molar-refractivity contribution in [1.82, 2.24) is 4.31 Å². The highest BCUT2D eigenvalue weighted by molar-refractivity contribution is 7.89. The van der Waals surface area contributed by atoms with Gasteiger partial charge in [0.25, 0.3) is 0 Å². The molecule has 1 saturated heterocycles. The van der Waals surface area contributed by atoms with E-state index in [2.05, 4.69) is 5.32 Å². The molecule has 1 aliphatic rings. The first kappa shape index (κ1) is 19.4. The number of hydrogen-bond donors (Lipinski definition) is 1. The van der Waals surface area contributed by atoms with Crippen LogP contribution in [0, 0.1) is 0 Å². The number of benzene rings is 2. The number of anilines is 1. The molecule has 2 aromatic rings. The van der Waals surface area contributed by atoms with Crippen LogP contribution in [0.25, 0.3) is 0 Å². The van der Waals surface area contributed by atoms with Gasteiger partial charge >= 0.3 is 0 Å². The number of nitrogens with one attached hydrogen (secondary N) is 1. The molecule has 1 aliphatic heterocycles. The minimum Gasteiger partial charge on any atom is -0.497 e. The first-order chi connectivity index (χ1) is 13.0. The summed E-state index contributed by atoms with van der Waals surface area (Å²) in [5, 5.41) is 2.91. The van der Waals surface area contributed by atoms with Crippen LogP contribution >= 0.6 is 0 Å². The Morgan fingerprint density at radius 2 is 1.89 bits per heavy atom. The maximum atomic E-state index is 13.0. The maximum absolute atomic E-state index is 13.0. The number of carbonyl (C=O) groups is 1. The third-order valence-corrected chi connectivity index (χ3v) is 6.75. The molecule has 0 radical (unpaired) electrons. The summed E-state index contributed by atoms with van der Waals surface area (Å²) in [6.45, 7) is 2.35. The second kappa shape index (κ2) is 8.10. The number of hydrogen-bond acceptors (Lipinski definition) is 4. The summed E-state index contributed by atoms with van der Waals surface area (Å²) in [6.07, 6.45) is 1.95. The smallest absolute Gasteiger partial charge is 0.243 e. The summed E-state index contributed by atoms with van der Waals surface area (Å²) in [5.41, 5.74) is 1.76. The maximum Gasteiger partial charge on any atom is 0.243 e. The van der Waals surface area contributed by atoms with Crippen LogP contribution in [0.15, 0.2) is 53.4 Å². The van der Waals surface area contributed by atoms with Crippen LogP contribution < -0.4 is 10.1 Å². The zero-order valence-electron chi connectivity index (χ0n) is 15.5. The molecule has 1 fully saturated rings. The molecule has 27 heavy (non-hydrogen) atoms. The molecule has 0 aliphatic carbocycles. The molecule has 1 heterocycles. The van der Waals surface area contributed by atoms with Crippen LogP contribution in [0.4, 0.5) is 5.69 Å². The van der Waals surface area contributed by atoms with Crippen LogP contribution in [-0.4, -0.2) is 38.3 Å². The summed E-state index contributed by atoms with van der Waals surface area (Å²) in [5.74, 6) is 0.298. The molecule has 2 aromatic carbocycles. The van der Waals surface area contributed by atoms with Gasteiger partial charge in [0.15, 0.2) is 0 Å². The quantitative estimate of drug-likeness (QED) is 0.825. The van der Waals surface area contributed by atoms with E-state index in [1.54, 1.807) is 12.1 Å². The van der Waals surface area contributed by atoms with Gasteiger partial charge < -0.3 is 10.1 Å². The van der Waals surface area contributed by atoms with E-state index in [1.807, 2.05) is 31.2 Å². The van der Waals surface area contributed by atoms with Crippen molar-refractivity contribution < 1.29 is 17.9 Å². The molecule has 7 heteroatoms. The highest BCUT2D eigenvalue weighted by Crippen LogP contribution is 2.28. The third kappa shape index (κ3) is 3.99. The van der Waals surface area contributed by atoms with Gasteiger partial charge in [-0.3, -0.25) is 4.79 Å². The number of sulfonamides is 1. The number of ether oxygens (including phenoxy) is 1. The molecule has 0 unspecified atom stereocenters. The van der Waals surface area contributed by atoms with Gasteiger partial charge in [-0.2, -0.15) is 4.31 Å². The predicted molar refractivity (Wildman–Crippen MR) is 104 cm³/mol. The van der Waals surface area contributed by atoms with Crippen molar-refractivity contribution in [3.8, 4) is 5.75 Å². The zero-order chi connectivity index (χ0) is 19.4. The van der Waals surface area contributed by atoms with Crippen LogP contribution in [0.2, 0.25) is 0 Å². The van der Waals surface area contributed by atoms with Crippen molar-refractivity contribution in [2.45, 2.75) is 37.1 Å². The van der Waals surface area contributed by atoms with Crippen LogP contribution in [0.1, 0.15) is 25.3 Å². The van der Waals surface area contributed by atoms with Gasteiger partial charge in [0.2, 0.25) is 15.9 Å². The van der Waals surface area contributed by atoms with Crippen molar-refractivity contribution >= 4 is 21.6 Å². The fraction of sp³-hybridized carbons (Fsp3) is 0.350. The van der Waals surface area contributed by atoms with Gasteiger partial charge in [-0.15, -0.1) is 0 Å². The van der Waals surface area contributed by atoms with Gasteiger partial charge in [0, 0.05) is 12.2 Å². The Kier molecular flexibility index (Phi) is 5.82. The Bertz CT molecular complexity index is 910. The van der Waals surface area contributed by atoms with Crippen molar-refractivity contribution in [3.05, 3.63) is 54.1 Å². The van der Waals surface area contributed by atoms with Crippen molar-refractivity contribution in [2.75, 3.05) is 19.0 Å². The third-order valence-electron chi connectivity index (χ3n) is 4.83. The number of aryl methyl sites for hydroxylation is 1. The van der Waals surface area contributed by atoms with Gasteiger partial charge in [0.05, 0.1) is 12.0 Å². The van der Waals surface area contributed by atoms with Crippen LogP contribution in [0.5, 0.6) is 5.75 Å².